The van der Waals surface area contributed by atoms with E-state index in [-0.39, 0.29) is 23.5 Å². The number of hydrogen-bond acceptors (Lipinski definition) is 4. The molecule has 1 heterocycles. The number of benzene rings is 1. The van der Waals surface area contributed by atoms with Gasteiger partial charge in [-0.05, 0) is 26.0 Å². The number of hydrazine groups is 1. The number of ether oxygens (including phenoxy) is 1. The molecule has 1 aromatic heterocycles. The van der Waals surface area contributed by atoms with E-state index in [4.69, 9.17) is 15.0 Å². The highest BCUT2D eigenvalue weighted by Crippen LogP contribution is 2.26. The third-order valence-electron chi connectivity index (χ3n) is 2.66. The Bertz CT molecular complexity index is 525. The van der Waals surface area contributed by atoms with E-state index in [0.29, 0.717) is 12.4 Å². The van der Waals surface area contributed by atoms with Gasteiger partial charge in [-0.15, -0.1) is 0 Å². The van der Waals surface area contributed by atoms with Crippen LogP contribution in [0.2, 0.25) is 0 Å². The monoisotopic (exact) mass is 252 g/mol. The third-order valence-corrected chi connectivity index (χ3v) is 2.66. The molecule has 0 saturated heterocycles. The molecule has 0 amide bonds. The molecule has 4 nitrogen and oxygen atoms in total. The Morgan fingerprint density at radius 3 is 2.83 bits per heavy atom. The second-order valence-corrected chi connectivity index (χ2v) is 4.41. The van der Waals surface area contributed by atoms with Gasteiger partial charge in [0.25, 0.3) is 0 Å². The average Bonchev–Trinajstić information content (AvgIpc) is 2.75. The van der Waals surface area contributed by atoms with Gasteiger partial charge in [0.1, 0.15) is 11.8 Å². The molecule has 0 aliphatic heterocycles. The lowest BCUT2D eigenvalue weighted by Gasteiger charge is -2.15. The molecule has 18 heavy (non-hydrogen) atoms. The van der Waals surface area contributed by atoms with E-state index in [1.807, 2.05) is 13.8 Å². The van der Waals surface area contributed by atoms with E-state index in [2.05, 4.69) is 5.43 Å². The molecule has 2 rings (SSSR count). The Kier molecular flexibility index (Phi) is 3.96. The fourth-order valence-corrected chi connectivity index (χ4v) is 1.72. The summed E-state index contributed by atoms with van der Waals surface area (Å²) >= 11 is 0. The van der Waals surface area contributed by atoms with Crippen LogP contribution < -0.4 is 11.3 Å². The summed E-state index contributed by atoms with van der Waals surface area (Å²) < 4.78 is 24.5. The molecule has 1 aromatic carbocycles. The van der Waals surface area contributed by atoms with Crippen LogP contribution >= 0.6 is 0 Å². The fourth-order valence-electron chi connectivity index (χ4n) is 1.72. The number of halogens is 1. The molecule has 5 heteroatoms. The maximum Gasteiger partial charge on any atom is 0.169 e. The van der Waals surface area contributed by atoms with E-state index in [0.717, 1.165) is 5.39 Å². The van der Waals surface area contributed by atoms with E-state index < -0.39 is 0 Å². The standard InChI is InChI=1S/C13H17FN2O2/c1-8(2)17-7-11(16-15)12-6-9-4-3-5-10(14)13(9)18-12/h3-6,8,11,16H,7,15H2,1-2H3. The number of nitrogens with two attached hydrogens (primary N) is 1. The van der Waals surface area contributed by atoms with Crippen LogP contribution in [0.15, 0.2) is 28.7 Å². The molecule has 3 N–H and O–H groups in total. The molecular weight excluding hydrogens is 235 g/mol. The largest absolute Gasteiger partial charge is 0.456 e. The Hall–Kier alpha value is -1.43. The Morgan fingerprint density at radius 2 is 2.22 bits per heavy atom. The molecular formula is C13H17FN2O2. The minimum Gasteiger partial charge on any atom is -0.456 e. The predicted octanol–water partition coefficient (Wildman–Crippen LogP) is 2.50. The lowest BCUT2D eigenvalue weighted by Crippen LogP contribution is -2.31. The zero-order valence-corrected chi connectivity index (χ0v) is 10.4. The molecule has 0 radical (unpaired) electrons. The molecule has 2 aromatic rings. The zero-order chi connectivity index (χ0) is 13.1. The summed E-state index contributed by atoms with van der Waals surface area (Å²) in [6.07, 6.45) is 0.0990. The summed E-state index contributed by atoms with van der Waals surface area (Å²) in [4.78, 5) is 0. The Morgan fingerprint density at radius 1 is 1.44 bits per heavy atom. The Balaban J connectivity index is 2.25. The molecule has 1 unspecified atom stereocenters. The normalized spacial score (nSPS) is 13.4. The van der Waals surface area contributed by atoms with Gasteiger partial charge in [-0.1, -0.05) is 12.1 Å². The first kappa shape index (κ1) is 13.0. The molecule has 98 valence electrons. The van der Waals surface area contributed by atoms with Crippen molar-refractivity contribution in [1.29, 1.82) is 0 Å². The lowest BCUT2D eigenvalue weighted by molar-refractivity contribution is 0.0571. The SMILES string of the molecule is CC(C)OCC(NN)c1cc2cccc(F)c2o1. The summed E-state index contributed by atoms with van der Waals surface area (Å²) in [6.45, 7) is 4.24. The minimum absolute atomic E-state index is 0.0990. The topological polar surface area (TPSA) is 60.4 Å². The molecule has 0 spiro atoms. The number of hydrogen-bond donors (Lipinski definition) is 2. The maximum atomic E-state index is 13.5. The lowest BCUT2D eigenvalue weighted by atomic mass is 10.2. The zero-order valence-electron chi connectivity index (χ0n) is 10.4. The number of fused-ring (bicyclic) bond motifs is 1. The molecule has 0 saturated carbocycles. The van der Waals surface area contributed by atoms with Gasteiger partial charge in [0, 0.05) is 5.39 Å². The molecule has 0 aliphatic carbocycles. The van der Waals surface area contributed by atoms with Crippen molar-refractivity contribution in [3.8, 4) is 0 Å². The first-order valence-corrected chi connectivity index (χ1v) is 5.87. The first-order chi connectivity index (χ1) is 8.61. The molecule has 0 fully saturated rings. The second kappa shape index (κ2) is 5.48. The number of para-hydroxylation sites is 1. The van der Waals surface area contributed by atoms with Gasteiger partial charge in [0.2, 0.25) is 0 Å². The summed E-state index contributed by atoms with van der Waals surface area (Å²) in [7, 11) is 0. The quantitative estimate of drug-likeness (QED) is 0.634. The van der Waals surface area contributed by atoms with E-state index in [1.54, 1.807) is 18.2 Å². The van der Waals surface area contributed by atoms with E-state index in [9.17, 15) is 4.39 Å². The fraction of sp³-hybridized carbons (Fsp3) is 0.385. The Labute approximate surface area is 105 Å². The van der Waals surface area contributed by atoms with Gasteiger partial charge in [-0.2, -0.15) is 0 Å². The summed E-state index contributed by atoms with van der Waals surface area (Å²) in [5, 5.41) is 0.717. The van der Waals surface area contributed by atoms with E-state index in [1.165, 1.54) is 6.07 Å². The first-order valence-electron chi connectivity index (χ1n) is 5.87. The molecule has 0 bridgehead atoms. The van der Waals surface area contributed by atoms with Gasteiger partial charge in [-0.25, -0.2) is 9.82 Å². The van der Waals surface area contributed by atoms with Crippen LogP contribution in [0.3, 0.4) is 0 Å². The number of furan rings is 1. The number of rotatable bonds is 5. The van der Waals surface area contributed by atoms with Crippen molar-refractivity contribution in [3.63, 3.8) is 0 Å². The van der Waals surface area contributed by atoms with Crippen molar-refractivity contribution >= 4 is 11.0 Å². The van der Waals surface area contributed by atoms with Crippen LogP contribution in [0.25, 0.3) is 11.0 Å². The summed E-state index contributed by atoms with van der Waals surface area (Å²) in [5.41, 5.74) is 2.86. The number of nitrogens with one attached hydrogen (secondary N) is 1. The van der Waals surface area contributed by atoms with Gasteiger partial charge in [0.05, 0.1) is 12.7 Å². The predicted molar refractivity (Wildman–Crippen MR) is 67.3 cm³/mol. The van der Waals surface area contributed by atoms with E-state index >= 15 is 0 Å². The van der Waals surface area contributed by atoms with Crippen molar-refractivity contribution in [2.45, 2.75) is 26.0 Å². The third kappa shape index (κ3) is 2.69. The van der Waals surface area contributed by atoms with Gasteiger partial charge in [0.15, 0.2) is 11.4 Å². The van der Waals surface area contributed by atoms with Crippen LogP contribution in [0.1, 0.15) is 25.6 Å². The van der Waals surface area contributed by atoms with Crippen LogP contribution in [-0.2, 0) is 4.74 Å². The van der Waals surface area contributed by atoms with Crippen molar-refractivity contribution in [2.75, 3.05) is 6.61 Å². The highest BCUT2D eigenvalue weighted by Gasteiger charge is 2.17. The highest BCUT2D eigenvalue weighted by atomic mass is 19.1. The average molecular weight is 252 g/mol. The molecule has 1 atom stereocenters. The van der Waals surface area contributed by atoms with Crippen molar-refractivity contribution in [3.05, 3.63) is 35.8 Å². The second-order valence-electron chi connectivity index (χ2n) is 4.41. The highest BCUT2D eigenvalue weighted by molar-refractivity contribution is 5.78. The van der Waals surface area contributed by atoms with Gasteiger partial charge >= 0.3 is 0 Å². The minimum atomic E-state index is -0.376. The van der Waals surface area contributed by atoms with Crippen LogP contribution in [0, 0.1) is 5.82 Å². The van der Waals surface area contributed by atoms with Crippen LogP contribution in [0.4, 0.5) is 4.39 Å². The van der Waals surface area contributed by atoms with Crippen molar-refractivity contribution in [2.24, 2.45) is 5.84 Å². The van der Waals surface area contributed by atoms with Crippen LogP contribution in [0.5, 0.6) is 0 Å². The molecule has 0 aliphatic rings. The van der Waals surface area contributed by atoms with Crippen molar-refractivity contribution in [1.82, 2.24) is 5.43 Å². The maximum absolute atomic E-state index is 13.5. The van der Waals surface area contributed by atoms with Crippen molar-refractivity contribution < 1.29 is 13.5 Å². The van der Waals surface area contributed by atoms with Gasteiger partial charge < -0.3 is 9.15 Å². The summed E-state index contributed by atoms with van der Waals surface area (Å²) in [5.74, 6) is 5.66. The van der Waals surface area contributed by atoms with Crippen LogP contribution in [-0.4, -0.2) is 12.7 Å². The summed E-state index contributed by atoms with van der Waals surface area (Å²) in [6, 6.07) is 6.28. The smallest absolute Gasteiger partial charge is 0.169 e. The van der Waals surface area contributed by atoms with Gasteiger partial charge in [-0.3, -0.25) is 5.84 Å².